The molecule has 0 atom stereocenters. The van der Waals surface area contributed by atoms with Crippen molar-refractivity contribution in [2.75, 3.05) is 7.05 Å². The molecule has 1 fully saturated rings. The zero-order chi connectivity index (χ0) is 14.8. The summed E-state index contributed by atoms with van der Waals surface area (Å²) in [5.41, 5.74) is 0.213. The molecule has 0 N–H and O–H groups in total. The molecule has 2 rings (SSSR count). The van der Waals surface area contributed by atoms with Gasteiger partial charge in [-0.1, -0.05) is 19.3 Å². The van der Waals surface area contributed by atoms with Crippen molar-refractivity contribution >= 4 is 21.6 Å². The van der Waals surface area contributed by atoms with Crippen LogP contribution in [0.15, 0.2) is 23.1 Å². The molecule has 0 aliphatic heterocycles. The van der Waals surface area contributed by atoms with Gasteiger partial charge < -0.3 is 0 Å². The third kappa shape index (κ3) is 3.15. The number of nitrogens with zero attached hydrogens (tertiary/aromatic N) is 1. The van der Waals surface area contributed by atoms with Crippen molar-refractivity contribution in [1.82, 2.24) is 4.31 Å². The van der Waals surface area contributed by atoms with Gasteiger partial charge in [-0.25, -0.2) is 12.8 Å². The molecule has 6 heteroatoms. The highest BCUT2D eigenvalue weighted by Gasteiger charge is 2.29. The summed E-state index contributed by atoms with van der Waals surface area (Å²) < 4.78 is 40.0. The van der Waals surface area contributed by atoms with E-state index in [0.29, 0.717) is 0 Å². The second kappa shape index (κ2) is 6.41. The summed E-state index contributed by atoms with van der Waals surface area (Å²) >= 11 is 5.63. The van der Waals surface area contributed by atoms with E-state index in [2.05, 4.69) is 0 Å². The lowest BCUT2D eigenvalue weighted by atomic mass is 9.96. The van der Waals surface area contributed by atoms with Crippen LogP contribution >= 0.6 is 11.6 Å². The van der Waals surface area contributed by atoms with E-state index in [4.69, 9.17) is 11.6 Å². The predicted molar refractivity (Wildman–Crippen MR) is 77.8 cm³/mol. The first-order chi connectivity index (χ1) is 9.46. The van der Waals surface area contributed by atoms with E-state index in [1.54, 1.807) is 7.05 Å². The minimum absolute atomic E-state index is 0.0393. The van der Waals surface area contributed by atoms with Gasteiger partial charge in [-0.3, -0.25) is 0 Å². The van der Waals surface area contributed by atoms with Crippen LogP contribution in [0, 0.1) is 5.82 Å². The van der Waals surface area contributed by atoms with Crippen molar-refractivity contribution < 1.29 is 12.8 Å². The van der Waals surface area contributed by atoms with Gasteiger partial charge in [0.05, 0.1) is 10.8 Å². The number of benzene rings is 1. The topological polar surface area (TPSA) is 37.4 Å². The smallest absolute Gasteiger partial charge is 0.207 e. The summed E-state index contributed by atoms with van der Waals surface area (Å²) in [4.78, 5) is 0.114. The van der Waals surface area contributed by atoms with Gasteiger partial charge >= 0.3 is 0 Å². The maximum atomic E-state index is 13.4. The highest BCUT2D eigenvalue weighted by molar-refractivity contribution is 7.89. The Kier molecular flexibility index (Phi) is 5.04. The fourth-order valence-electron chi connectivity index (χ4n) is 2.62. The number of halogens is 2. The van der Waals surface area contributed by atoms with Crippen molar-refractivity contribution in [2.45, 2.75) is 48.9 Å². The Bertz CT molecular complexity index is 571. The van der Waals surface area contributed by atoms with Crippen LogP contribution in [0.2, 0.25) is 0 Å². The fourth-order valence-corrected chi connectivity index (χ4v) is 4.29. The maximum Gasteiger partial charge on any atom is 0.243 e. The highest BCUT2D eigenvalue weighted by Crippen LogP contribution is 2.27. The van der Waals surface area contributed by atoms with E-state index in [1.165, 1.54) is 22.5 Å². The monoisotopic (exact) mass is 319 g/mol. The molecule has 1 aromatic rings. The molecule has 0 unspecified atom stereocenters. The van der Waals surface area contributed by atoms with E-state index in [1.807, 2.05) is 0 Å². The molecule has 1 aliphatic rings. The summed E-state index contributed by atoms with van der Waals surface area (Å²) in [6, 6.07) is 3.84. The van der Waals surface area contributed by atoms with Crippen molar-refractivity contribution in [2.24, 2.45) is 0 Å². The van der Waals surface area contributed by atoms with Crippen LogP contribution in [0.3, 0.4) is 0 Å². The van der Waals surface area contributed by atoms with Crippen LogP contribution in [0.4, 0.5) is 4.39 Å². The van der Waals surface area contributed by atoms with Gasteiger partial charge in [0.2, 0.25) is 10.0 Å². The molecule has 3 nitrogen and oxygen atoms in total. The molecule has 1 aliphatic carbocycles. The molecule has 1 aromatic carbocycles. The van der Waals surface area contributed by atoms with Crippen LogP contribution < -0.4 is 0 Å². The largest absolute Gasteiger partial charge is 0.243 e. The van der Waals surface area contributed by atoms with Crippen LogP contribution in [0.1, 0.15) is 37.7 Å². The third-order valence-corrected chi connectivity index (χ3v) is 6.12. The number of sulfonamides is 1. The second-order valence-electron chi connectivity index (χ2n) is 5.20. The standard InChI is InChI=1S/C14H19ClFNO2S/c1-17(12-5-3-2-4-6-12)20(18,19)13-7-8-14(16)11(9-13)10-15/h7-9,12H,2-6,10H2,1H3. The lowest BCUT2D eigenvalue weighted by molar-refractivity contribution is 0.286. The van der Waals surface area contributed by atoms with E-state index in [0.717, 1.165) is 32.1 Å². The summed E-state index contributed by atoms with van der Waals surface area (Å²) in [6.07, 6.45) is 5.05. The van der Waals surface area contributed by atoms with Crippen LogP contribution in [0.25, 0.3) is 0 Å². The van der Waals surface area contributed by atoms with Crippen molar-refractivity contribution in [1.29, 1.82) is 0 Å². The van der Waals surface area contributed by atoms with Gasteiger partial charge in [0.1, 0.15) is 5.82 Å². The Morgan fingerprint density at radius 1 is 1.30 bits per heavy atom. The molecule has 0 aromatic heterocycles. The molecular weight excluding hydrogens is 301 g/mol. The van der Waals surface area contributed by atoms with Crippen molar-refractivity contribution in [3.8, 4) is 0 Å². The molecule has 0 radical (unpaired) electrons. The van der Waals surface area contributed by atoms with Crippen molar-refractivity contribution in [3.05, 3.63) is 29.6 Å². The molecular formula is C14H19ClFNO2S. The predicted octanol–water partition coefficient (Wildman–Crippen LogP) is 3.52. The molecule has 1 saturated carbocycles. The van der Waals surface area contributed by atoms with E-state index < -0.39 is 15.8 Å². The quantitative estimate of drug-likeness (QED) is 0.796. The van der Waals surface area contributed by atoms with Gasteiger partial charge in [0.15, 0.2) is 0 Å². The third-order valence-electron chi connectivity index (χ3n) is 3.93. The summed E-state index contributed by atoms with van der Waals surface area (Å²) in [5, 5.41) is 0. The second-order valence-corrected chi connectivity index (χ2v) is 7.46. The van der Waals surface area contributed by atoms with Gasteiger partial charge in [0.25, 0.3) is 0 Å². The fraction of sp³-hybridized carbons (Fsp3) is 0.571. The average Bonchev–Trinajstić information content (AvgIpc) is 2.47. The van der Waals surface area contributed by atoms with Gasteiger partial charge in [0, 0.05) is 18.7 Å². The first-order valence-electron chi connectivity index (χ1n) is 6.79. The zero-order valence-electron chi connectivity index (χ0n) is 11.5. The Hall–Kier alpha value is -0.650. The first kappa shape index (κ1) is 15.7. The summed E-state index contributed by atoms with van der Waals surface area (Å²) in [5.74, 6) is -0.512. The molecule has 0 saturated heterocycles. The highest BCUT2D eigenvalue weighted by atomic mass is 35.5. The number of hydrogen-bond acceptors (Lipinski definition) is 2. The maximum absolute atomic E-state index is 13.4. The van der Waals surface area contributed by atoms with E-state index in [-0.39, 0.29) is 22.4 Å². The van der Waals surface area contributed by atoms with Crippen molar-refractivity contribution in [3.63, 3.8) is 0 Å². The molecule has 0 spiro atoms. The number of alkyl halides is 1. The molecule has 0 bridgehead atoms. The lowest BCUT2D eigenvalue weighted by Crippen LogP contribution is -2.38. The minimum atomic E-state index is -3.58. The Balaban J connectivity index is 2.29. The van der Waals surface area contributed by atoms with E-state index >= 15 is 0 Å². The molecule has 0 heterocycles. The van der Waals surface area contributed by atoms with Gasteiger partial charge in [-0.2, -0.15) is 4.31 Å². The Morgan fingerprint density at radius 2 is 1.95 bits per heavy atom. The summed E-state index contributed by atoms with van der Waals surface area (Å²) in [7, 11) is -1.97. The normalized spacial score (nSPS) is 17.6. The average molecular weight is 320 g/mol. The number of rotatable bonds is 4. The minimum Gasteiger partial charge on any atom is -0.207 e. The van der Waals surface area contributed by atoms with Crippen LogP contribution in [0.5, 0.6) is 0 Å². The molecule has 112 valence electrons. The van der Waals surface area contributed by atoms with Crippen LogP contribution in [-0.4, -0.2) is 25.8 Å². The van der Waals surface area contributed by atoms with Gasteiger partial charge in [-0.05, 0) is 31.0 Å². The molecule has 0 amide bonds. The lowest BCUT2D eigenvalue weighted by Gasteiger charge is -2.30. The Morgan fingerprint density at radius 3 is 2.55 bits per heavy atom. The Labute approximate surface area is 124 Å². The molecule has 20 heavy (non-hydrogen) atoms. The number of hydrogen-bond donors (Lipinski definition) is 0. The van der Waals surface area contributed by atoms with Crippen LogP contribution in [-0.2, 0) is 15.9 Å². The summed E-state index contributed by atoms with van der Waals surface area (Å²) in [6.45, 7) is 0. The zero-order valence-corrected chi connectivity index (χ0v) is 13.1. The van der Waals surface area contributed by atoms with E-state index in [9.17, 15) is 12.8 Å². The van der Waals surface area contributed by atoms with Gasteiger partial charge in [-0.15, -0.1) is 11.6 Å². The SMILES string of the molecule is CN(C1CCCCC1)S(=O)(=O)c1ccc(F)c(CCl)c1. The first-order valence-corrected chi connectivity index (χ1v) is 8.76.